The highest BCUT2D eigenvalue weighted by atomic mass is 35.5. The Balaban J connectivity index is 2.25. The summed E-state index contributed by atoms with van der Waals surface area (Å²) >= 11 is 7.67. The lowest BCUT2D eigenvalue weighted by Crippen LogP contribution is -2.06. The van der Waals surface area contributed by atoms with E-state index in [9.17, 15) is 0 Å². The van der Waals surface area contributed by atoms with Crippen LogP contribution in [0.25, 0.3) is 0 Å². The molecule has 0 bridgehead atoms. The highest BCUT2D eigenvalue weighted by Crippen LogP contribution is 2.31. The molecule has 0 heterocycles. The zero-order chi connectivity index (χ0) is 13.0. The van der Waals surface area contributed by atoms with Crippen LogP contribution in [0.4, 0.5) is 0 Å². The molecule has 0 aliphatic rings. The summed E-state index contributed by atoms with van der Waals surface area (Å²) in [5, 5.41) is 3.99. The molecule has 0 saturated carbocycles. The quantitative estimate of drug-likeness (QED) is 0.882. The van der Waals surface area contributed by atoms with Crippen LogP contribution in [0.3, 0.4) is 0 Å². The van der Waals surface area contributed by atoms with E-state index in [0.717, 1.165) is 11.6 Å². The minimum absolute atomic E-state index is 0.777. The monoisotopic (exact) mass is 277 g/mol. The van der Waals surface area contributed by atoms with Gasteiger partial charge in [-0.05, 0) is 49.9 Å². The zero-order valence-electron chi connectivity index (χ0n) is 10.5. The van der Waals surface area contributed by atoms with Crippen molar-refractivity contribution in [2.24, 2.45) is 0 Å². The molecule has 0 saturated heterocycles. The molecule has 3 heteroatoms. The third kappa shape index (κ3) is 3.52. The summed E-state index contributed by atoms with van der Waals surface area (Å²) in [4.78, 5) is 2.50. The van der Waals surface area contributed by atoms with E-state index in [1.165, 1.54) is 20.9 Å². The molecule has 0 spiro atoms. The summed E-state index contributed by atoms with van der Waals surface area (Å²) in [5.74, 6) is 0. The van der Waals surface area contributed by atoms with Crippen LogP contribution in [0.1, 0.15) is 11.1 Å². The van der Waals surface area contributed by atoms with E-state index in [4.69, 9.17) is 11.6 Å². The van der Waals surface area contributed by atoms with E-state index in [0.29, 0.717) is 0 Å². The fourth-order valence-electron chi connectivity index (χ4n) is 1.77. The average molecular weight is 278 g/mol. The number of halogens is 1. The van der Waals surface area contributed by atoms with Gasteiger partial charge in [0.1, 0.15) is 0 Å². The van der Waals surface area contributed by atoms with Gasteiger partial charge in [-0.1, -0.05) is 41.1 Å². The molecule has 0 aliphatic carbocycles. The van der Waals surface area contributed by atoms with Crippen molar-refractivity contribution >= 4 is 23.4 Å². The number of benzene rings is 2. The predicted octanol–water partition coefficient (Wildman–Crippen LogP) is 4.52. The Morgan fingerprint density at radius 3 is 2.50 bits per heavy atom. The molecule has 1 nitrogen and oxygen atoms in total. The Kier molecular flexibility index (Phi) is 4.70. The predicted molar refractivity (Wildman–Crippen MR) is 79.5 cm³/mol. The number of rotatable bonds is 4. The first-order valence-electron chi connectivity index (χ1n) is 5.86. The van der Waals surface area contributed by atoms with Crippen LogP contribution in [0.15, 0.2) is 52.3 Å². The van der Waals surface area contributed by atoms with E-state index in [1.54, 1.807) is 11.8 Å². The van der Waals surface area contributed by atoms with E-state index >= 15 is 0 Å². The lowest BCUT2D eigenvalue weighted by atomic mass is 10.1. The standard InChI is InChI=1S/C15H16ClNS/c1-11-3-8-15(12(9-11)10-17-2)18-14-6-4-13(16)5-7-14/h3-9,17H,10H2,1-2H3. The van der Waals surface area contributed by atoms with Gasteiger partial charge in [-0.15, -0.1) is 0 Å². The van der Waals surface area contributed by atoms with Crippen LogP contribution in [-0.4, -0.2) is 7.05 Å². The second kappa shape index (κ2) is 6.28. The molecule has 1 N–H and O–H groups in total. The van der Waals surface area contributed by atoms with Crippen molar-refractivity contribution in [1.82, 2.24) is 5.32 Å². The molecule has 2 aromatic carbocycles. The molecule has 0 aromatic heterocycles. The zero-order valence-corrected chi connectivity index (χ0v) is 12.1. The van der Waals surface area contributed by atoms with Crippen molar-refractivity contribution < 1.29 is 0 Å². The van der Waals surface area contributed by atoms with Gasteiger partial charge in [0.25, 0.3) is 0 Å². The summed E-state index contributed by atoms with van der Waals surface area (Å²) < 4.78 is 0. The Labute approximate surface area is 118 Å². The Bertz CT molecular complexity index is 523. The third-order valence-electron chi connectivity index (χ3n) is 2.62. The van der Waals surface area contributed by atoms with E-state index in [2.05, 4.69) is 42.6 Å². The van der Waals surface area contributed by atoms with Gasteiger partial charge in [-0.25, -0.2) is 0 Å². The number of hydrogen-bond donors (Lipinski definition) is 1. The van der Waals surface area contributed by atoms with Crippen LogP contribution < -0.4 is 5.32 Å². The van der Waals surface area contributed by atoms with Crippen molar-refractivity contribution in [2.45, 2.75) is 23.3 Å². The van der Waals surface area contributed by atoms with Gasteiger partial charge in [0.15, 0.2) is 0 Å². The highest BCUT2D eigenvalue weighted by molar-refractivity contribution is 7.99. The molecule has 2 rings (SSSR count). The fourth-order valence-corrected chi connectivity index (χ4v) is 2.82. The minimum Gasteiger partial charge on any atom is -0.316 e. The first-order valence-corrected chi connectivity index (χ1v) is 7.06. The fraction of sp³-hybridized carbons (Fsp3) is 0.200. The maximum atomic E-state index is 5.90. The Hall–Kier alpha value is -0.960. The average Bonchev–Trinajstić information content (AvgIpc) is 2.36. The molecule has 0 fully saturated rings. The summed E-state index contributed by atoms with van der Waals surface area (Å²) in [6, 6.07) is 14.5. The number of aryl methyl sites for hydroxylation is 1. The van der Waals surface area contributed by atoms with Crippen LogP contribution in [-0.2, 0) is 6.54 Å². The molecule has 0 amide bonds. The van der Waals surface area contributed by atoms with Gasteiger partial charge in [0.05, 0.1) is 0 Å². The van der Waals surface area contributed by atoms with Crippen molar-refractivity contribution in [3.63, 3.8) is 0 Å². The second-order valence-electron chi connectivity index (χ2n) is 4.20. The van der Waals surface area contributed by atoms with Gasteiger partial charge in [-0.3, -0.25) is 0 Å². The summed E-state index contributed by atoms with van der Waals surface area (Å²) in [6.45, 7) is 3.01. The van der Waals surface area contributed by atoms with Gasteiger partial charge in [0, 0.05) is 21.4 Å². The minimum atomic E-state index is 0.777. The third-order valence-corrected chi connectivity index (χ3v) is 4.00. The van der Waals surface area contributed by atoms with Crippen molar-refractivity contribution in [3.8, 4) is 0 Å². The SMILES string of the molecule is CNCc1cc(C)ccc1Sc1ccc(Cl)cc1. The van der Waals surface area contributed by atoms with Crippen LogP contribution in [0.2, 0.25) is 5.02 Å². The van der Waals surface area contributed by atoms with Crippen LogP contribution in [0, 0.1) is 6.92 Å². The largest absolute Gasteiger partial charge is 0.316 e. The molecule has 18 heavy (non-hydrogen) atoms. The topological polar surface area (TPSA) is 12.0 Å². The maximum absolute atomic E-state index is 5.90. The van der Waals surface area contributed by atoms with Gasteiger partial charge >= 0.3 is 0 Å². The lowest BCUT2D eigenvalue weighted by molar-refractivity contribution is 0.802. The molecule has 0 radical (unpaired) electrons. The molecule has 0 atom stereocenters. The van der Waals surface area contributed by atoms with Crippen molar-refractivity contribution in [2.75, 3.05) is 7.05 Å². The second-order valence-corrected chi connectivity index (χ2v) is 5.75. The van der Waals surface area contributed by atoms with E-state index in [-0.39, 0.29) is 0 Å². The summed E-state index contributed by atoms with van der Waals surface area (Å²) in [7, 11) is 1.97. The highest BCUT2D eigenvalue weighted by Gasteiger charge is 2.04. The Morgan fingerprint density at radius 2 is 1.83 bits per heavy atom. The summed E-state index contributed by atoms with van der Waals surface area (Å²) in [5.41, 5.74) is 2.62. The Morgan fingerprint density at radius 1 is 1.11 bits per heavy atom. The molecule has 0 aliphatic heterocycles. The number of hydrogen-bond acceptors (Lipinski definition) is 2. The van der Waals surface area contributed by atoms with E-state index in [1.807, 2.05) is 19.2 Å². The van der Waals surface area contributed by atoms with Gasteiger partial charge < -0.3 is 5.32 Å². The molecular weight excluding hydrogens is 262 g/mol. The smallest absolute Gasteiger partial charge is 0.0406 e. The van der Waals surface area contributed by atoms with Gasteiger partial charge in [0.2, 0.25) is 0 Å². The van der Waals surface area contributed by atoms with Gasteiger partial charge in [-0.2, -0.15) is 0 Å². The first-order chi connectivity index (χ1) is 8.69. The first kappa shape index (κ1) is 13.5. The molecule has 94 valence electrons. The van der Waals surface area contributed by atoms with Crippen molar-refractivity contribution in [1.29, 1.82) is 0 Å². The molecule has 2 aromatic rings. The number of nitrogens with one attached hydrogen (secondary N) is 1. The van der Waals surface area contributed by atoms with E-state index < -0.39 is 0 Å². The maximum Gasteiger partial charge on any atom is 0.0406 e. The van der Waals surface area contributed by atoms with Crippen molar-refractivity contribution in [3.05, 3.63) is 58.6 Å². The normalized spacial score (nSPS) is 10.6. The lowest BCUT2D eigenvalue weighted by Gasteiger charge is -2.10. The summed E-state index contributed by atoms with van der Waals surface area (Å²) in [6.07, 6.45) is 0. The van der Waals surface area contributed by atoms with Crippen LogP contribution >= 0.6 is 23.4 Å². The molecular formula is C15H16ClNS. The molecule has 0 unspecified atom stereocenters. The van der Waals surface area contributed by atoms with Crippen LogP contribution in [0.5, 0.6) is 0 Å².